The van der Waals surface area contributed by atoms with Gasteiger partial charge < -0.3 is 5.73 Å². The molecule has 0 spiro atoms. The zero-order valence-corrected chi connectivity index (χ0v) is 11.0. The average Bonchev–Trinajstić information content (AvgIpc) is 2.74. The fourth-order valence-electron chi connectivity index (χ4n) is 2.59. The minimum absolute atomic E-state index is 0.424. The zero-order valence-electron chi connectivity index (χ0n) is 10.2. The van der Waals surface area contributed by atoms with Crippen molar-refractivity contribution in [3.05, 3.63) is 22.4 Å². The number of nitrogens with two attached hydrogens (primary N) is 1. The van der Waals surface area contributed by atoms with Crippen LogP contribution in [0.1, 0.15) is 37.6 Å². The van der Waals surface area contributed by atoms with E-state index in [2.05, 4.69) is 36.3 Å². The van der Waals surface area contributed by atoms with Crippen molar-refractivity contribution in [1.29, 1.82) is 0 Å². The second-order valence-corrected chi connectivity index (χ2v) is 6.06. The van der Waals surface area contributed by atoms with E-state index < -0.39 is 0 Å². The maximum atomic E-state index is 5.97. The quantitative estimate of drug-likeness (QED) is 0.877. The van der Waals surface area contributed by atoms with Crippen LogP contribution in [0.3, 0.4) is 0 Å². The third kappa shape index (κ3) is 2.65. The van der Waals surface area contributed by atoms with Crippen LogP contribution in [0.25, 0.3) is 0 Å². The Morgan fingerprint density at radius 2 is 2.06 bits per heavy atom. The highest BCUT2D eigenvalue weighted by Gasteiger charge is 2.27. The molecule has 1 fully saturated rings. The standard InChI is InChI=1S/C13H22N2S/c1-10(2)13(12-4-3-9-16-12)15-7-5-11(14)6-8-15/h3-4,9-11,13H,5-8,14H2,1-2H3. The molecule has 2 heterocycles. The van der Waals surface area contributed by atoms with Gasteiger partial charge in [0.05, 0.1) is 0 Å². The minimum atomic E-state index is 0.424. The third-order valence-electron chi connectivity index (χ3n) is 3.43. The topological polar surface area (TPSA) is 29.3 Å². The van der Waals surface area contributed by atoms with Crippen molar-refractivity contribution in [3.63, 3.8) is 0 Å². The van der Waals surface area contributed by atoms with Gasteiger partial charge in [0.25, 0.3) is 0 Å². The first kappa shape index (κ1) is 12.1. The molecule has 0 amide bonds. The molecular formula is C13H22N2S. The van der Waals surface area contributed by atoms with Gasteiger partial charge >= 0.3 is 0 Å². The summed E-state index contributed by atoms with van der Waals surface area (Å²) in [6, 6.07) is 5.44. The van der Waals surface area contributed by atoms with Crippen LogP contribution in [0.15, 0.2) is 17.5 Å². The Hall–Kier alpha value is -0.380. The van der Waals surface area contributed by atoms with Crippen molar-refractivity contribution in [2.75, 3.05) is 13.1 Å². The molecular weight excluding hydrogens is 216 g/mol. The predicted octanol–water partition coefficient (Wildman–Crippen LogP) is 2.87. The van der Waals surface area contributed by atoms with Gasteiger partial charge in [-0.3, -0.25) is 4.90 Å². The number of hydrogen-bond acceptors (Lipinski definition) is 3. The van der Waals surface area contributed by atoms with E-state index in [1.54, 1.807) is 0 Å². The van der Waals surface area contributed by atoms with Crippen LogP contribution in [0, 0.1) is 5.92 Å². The zero-order chi connectivity index (χ0) is 11.5. The van der Waals surface area contributed by atoms with Gasteiger partial charge in [-0.2, -0.15) is 0 Å². The Morgan fingerprint density at radius 3 is 2.56 bits per heavy atom. The van der Waals surface area contributed by atoms with E-state index in [0.29, 0.717) is 18.0 Å². The van der Waals surface area contributed by atoms with E-state index >= 15 is 0 Å². The largest absolute Gasteiger partial charge is 0.328 e. The number of hydrogen-bond donors (Lipinski definition) is 1. The van der Waals surface area contributed by atoms with Gasteiger partial charge in [-0.15, -0.1) is 11.3 Å². The lowest BCUT2D eigenvalue weighted by atomic mass is 9.96. The van der Waals surface area contributed by atoms with Crippen LogP contribution >= 0.6 is 11.3 Å². The monoisotopic (exact) mass is 238 g/mol. The van der Waals surface area contributed by atoms with E-state index in [1.807, 2.05) is 11.3 Å². The normalized spacial score (nSPS) is 21.5. The first-order chi connectivity index (χ1) is 7.68. The van der Waals surface area contributed by atoms with Crippen molar-refractivity contribution in [2.45, 2.75) is 38.8 Å². The van der Waals surface area contributed by atoms with Crippen LogP contribution in [0.2, 0.25) is 0 Å². The highest BCUT2D eigenvalue weighted by atomic mass is 32.1. The van der Waals surface area contributed by atoms with Crippen molar-refractivity contribution in [1.82, 2.24) is 4.90 Å². The molecule has 1 atom stereocenters. The molecule has 0 radical (unpaired) electrons. The Bertz CT molecular complexity index is 300. The first-order valence-corrected chi connectivity index (χ1v) is 7.09. The molecule has 1 aliphatic heterocycles. The highest BCUT2D eigenvalue weighted by Crippen LogP contribution is 2.33. The summed E-state index contributed by atoms with van der Waals surface area (Å²) in [7, 11) is 0. The van der Waals surface area contributed by atoms with Gasteiger partial charge in [0.1, 0.15) is 0 Å². The lowest BCUT2D eigenvalue weighted by Crippen LogP contribution is -2.42. The summed E-state index contributed by atoms with van der Waals surface area (Å²) in [5.41, 5.74) is 5.97. The molecule has 1 aromatic rings. The summed E-state index contributed by atoms with van der Waals surface area (Å²) in [5, 5.41) is 2.18. The predicted molar refractivity (Wildman–Crippen MR) is 70.7 cm³/mol. The number of likely N-dealkylation sites (tertiary alicyclic amines) is 1. The maximum absolute atomic E-state index is 5.97. The van der Waals surface area contributed by atoms with E-state index in [1.165, 1.54) is 4.88 Å². The average molecular weight is 238 g/mol. The molecule has 1 aromatic heterocycles. The summed E-state index contributed by atoms with van der Waals surface area (Å²) >= 11 is 1.88. The Morgan fingerprint density at radius 1 is 1.38 bits per heavy atom. The molecule has 2 N–H and O–H groups in total. The van der Waals surface area contributed by atoms with Gasteiger partial charge in [0.15, 0.2) is 0 Å². The first-order valence-electron chi connectivity index (χ1n) is 6.21. The van der Waals surface area contributed by atoms with Crippen LogP contribution in [0.5, 0.6) is 0 Å². The number of thiophene rings is 1. The third-order valence-corrected chi connectivity index (χ3v) is 4.38. The van der Waals surface area contributed by atoms with Crippen molar-refractivity contribution < 1.29 is 0 Å². The Balaban J connectivity index is 2.08. The molecule has 1 aliphatic rings. The molecule has 3 heteroatoms. The van der Waals surface area contributed by atoms with E-state index in [4.69, 9.17) is 5.73 Å². The Kier molecular flexibility index (Phi) is 4.00. The summed E-state index contributed by atoms with van der Waals surface area (Å²) in [4.78, 5) is 4.12. The van der Waals surface area contributed by atoms with Gasteiger partial charge in [0, 0.05) is 30.1 Å². The second-order valence-electron chi connectivity index (χ2n) is 5.08. The lowest BCUT2D eigenvalue weighted by molar-refractivity contribution is 0.123. The molecule has 2 rings (SSSR count). The summed E-state index contributed by atoms with van der Waals surface area (Å²) < 4.78 is 0. The molecule has 0 bridgehead atoms. The maximum Gasteiger partial charge on any atom is 0.0464 e. The van der Waals surface area contributed by atoms with Crippen LogP contribution in [0.4, 0.5) is 0 Å². The summed E-state index contributed by atoms with van der Waals surface area (Å²) in [6.45, 7) is 6.95. The number of rotatable bonds is 3. The lowest BCUT2D eigenvalue weighted by Gasteiger charge is -2.38. The molecule has 2 nitrogen and oxygen atoms in total. The minimum Gasteiger partial charge on any atom is -0.328 e. The van der Waals surface area contributed by atoms with Crippen molar-refractivity contribution >= 4 is 11.3 Å². The van der Waals surface area contributed by atoms with Crippen molar-refractivity contribution in [3.8, 4) is 0 Å². The van der Waals surface area contributed by atoms with Crippen molar-refractivity contribution in [2.24, 2.45) is 11.7 Å². The fraction of sp³-hybridized carbons (Fsp3) is 0.692. The van der Waals surface area contributed by atoms with E-state index in [-0.39, 0.29) is 0 Å². The van der Waals surface area contributed by atoms with Gasteiger partial charge in [-0.25, -0.2) is 0 Å². The van der Waals surface area contributed by atoms with Crippen LogP contribution in [-0.4, -0.2) is 24.0 Å². The van der Waals surface area contributed by atoms with E-state index in [0.717, 1.165) is 25.9 Å². The van der Waals surface area contributed by atoms with Gasteiger partial charge in [-0.1, -0.05) is 19.9 Å². The van der Waals surface area contributed by atoms with Gasteiger partial charge in [0.2, 0.25) is 0 Å². The fourth-order valence-corrected chi connectivity index (χ4v) is 3.62. The van der Waals surface area contributed by atoms with Crippen LogP contribution in [-0.2, 0) is 0 Å². The number of nitrogens with zero attached hydrogens (tertiary/aromatic N) is 1. The highest BCUT2D eigenvalue weighted by molar-refractivity contribution is 7.10. The van der Waals surface area contributed by atoms with Crippen LogP contribution < -0.4 is 5.73 Å². The number of piperidine rings is 1. The molecule has 0 aliphatic carbocycles. The SMILES string of the molecule is CC(C)C(c1cccs1)N1CCC(N)CC1. The Labute approximate surface area is 102 Å². The molecule has 0 saturated carbocycles. The molecule has 1 unspecified atom stereocenters. The summed E-state index contributed by atoms with van der Waals surface area (Å²) in [6.07, 6.45) is 2.29. The van der Waals surface area contributed by atoms with E-state index in [9.17, 15) is 0 Å². The molecule has 1 saturated heterocycles. The summed E-state index contributed by atoms with van der Waals surface area (Å²) in [5.74, 6) is 0.674. The van der Waals surface area contributed by atoms with Gasteiger partial charge in [-0.05, 0) is 30.2 Å². The smallest absolute Gasteiger partial charge is 0.0464 e. The molecule has 16 heavy (non-hydrogen) atoms. The molecule has 0 aromatic carbocycles. The molecule has 90 valence electrons. The second kappa shape index (κ2) is 5.30.